The molecule has 0 aliphatic rings. The van der Waals surface area contributed by atoms with Crippen molar-refractivity contribution < 1.29 is 0 Å². The lowest BCUT2D eigenvalue weighted by Gasteiger charge is -2.05. The third-order valence-electron chi connectivity index (χ3n) is 2.35. The smallest absolute Gasteiger partial charge is 0.0387 e. The number of aryl methyl sites for hydroxylation is 1. The summed E-state index contributed by atoms with van der Waals surface area (Å²) < 4.78 is 2.46. The van der Waals surface area contributed by atoms with E-state index in [0.717, 1.165) is 11.8 Å². The number of hydrogen-bond acceptors (Lipinski definition) is 0. The fourth-order valence-corrected chi connectivity index (χ4v) is 3.00. The van der Waals surface area contributed by atoms with E-state index in [1.54, 1.807) is 0 Å². The van der Waals surface area contributed by atoms with Crippen LogP contribution in [-0.4, -0.2) is 5.33 Å². The van der Waals surface area contributed by atoms with Crippen molar-refractivity contribution in [2.24, 2.45) is 0 Å². The molecule has 0 bridgehead atoms. The number of benzene rings is 2. The monoisotopic (exact) mass is 438 g/mol. The zero-order chi connectivity index (χ0) is 10.8. The van der Waals surface area contributed by atoms with Crippen LogP contribution in [-0.2, 0) is 6.42 Å². The summed E-state index contributed by atoms with van der Waals surface area (Å²) in [5, 5.41) is 3.62. The summed E-state index contributed by atoms with van der Waals surface area (Å²) in [6, 6.07) is 11.0. The Morgan fingerprint density at radius 2 is 1.93 bits per heavy atom. The lowest BCUT2D eigenvalue weighted by atomic mass is 10.1. The molecule has 0 radical (unpaired) electrons. The first-order chi connectivity index (χ1) is 7.22. The SMILES string of the molecule is BrCCc1ccc2c(Br)c(I)ccc2c1. The Morgan fingerprint density at radius 1 is 1.13 bits per heavy atom. The van der Waals surface area contributed by atoms with Crippen molar-refractivity contribution >= 4 is 65.2 Å². The van der Waals surface area contributed by atoms with Crippen molar-refractivity contribution in [2.45, 2.75) is 6.42 Å². The molecule has 0 nitrogen and oxygen atoms in total. The number of rotatable bonds is 2. The zero-order valence-corrected chi connectivity index (χ0v) is 13.3. The van der Waals surface area contributed by atoms with E-state index < -0.39 is 0 Å². The van der Waals surface area contributed by atoms with E-state index in [9.17, 15) is 0 Å². The van der Waals surface area contributed by atoms with Crippen LogP contribution in [0, 0.1) is 3.57 Å². The fraction of sp³-hybridized carbons (Fsp3) is 0.167. The molecule has 0 heterocycles. The van der Waals surface area contributed by atoms with Crippen LogP contribution in [0.3, 0.4) is 0 Å². The maximum absolute atomic E-state index is 3.63. The van der Waals surface area contributed by atoms with Gasteiger partial charge in [-0.2, -0.15) is 0 Å². The first-order valence-electron chi connectivity index (χ1n) is 4.65. The summed E-state index contributed by atoms with van der Waals surface area (Å²) in [4.78, 5) is 0. The van der Waals surface area contributed by atoms with E-state index in [1.807, 2.05) is 0 Å². The molecule has 78 valence electrons. The Bertz CT molecular complexity index is 494. The van der Waals surface area contributed by atoms with Crippen molar-refractivity contribution in [3.05, 3.63) is 43.9 Å². The molecule has 2 aromatic carbocycles. The van der Waals surface area contributed by atoms with E-state index >= 15 is 0 Å². The third-order valence-corrected chi connectivity index (χ3v) is 5.25. The molecule has 0 fully saturated rings. The van der Waals surface area contributed by atoms with Crippen molar-refractivity contribution in [1.29, 1.82) is 0 Å². The van der Waals surface area contributed by atoms with Crippen LogP contribution in [0.2, 0.25) is 0 Å². The van der Waals surface area contributed by atoms with Gasteiger partial charge in [0.2, 0.25) is 0 Å². The number of fused-ring (bicyclic) bond motifs is 1. The van der Waals surface area contributed by atoms with Gasteiger partial charge >= 0.3 is 0 Å². The van der Waals surface area contributed by atoms with Crippen molar-refractivity contribution in [3.63, 3.8) is 0 Å². The van der Waals surface area contributed by atoms with Gasteiger partial charge in [-0.05, 0) is 67.3 Å². The second kappa shape index (κ2) is 5.15. The largest absolute Gasteiger partial charge is 0.0924 e. The number of halogens is 3. The normalized spacial score (nSPS) is 10.9. The topological polar surface area (TPSA) is 0 Å². The predicted octanol–water partition coefficient (Wildman–Crippen LogP) is 5.14. The van der Waals surface area contributed by atoms with Gasteiger partial charge in [0, 0.05) is 13.4 Å². The summed E-state index contributed by atoms with van der Waals surface area (Å²) in [6.45, 7) is 0. The standard InChI is InChI=1S/C12H9Br2I/c13-6-5-8-1-3-10-9(7-8)2-4-11(15)12(10)14/h1-4,7H,5-6H2. The molecule has 0 N–H and O–H groups in total. The molecule has 2 aromatic rings. The molecule has 0 amide bonds. The van der Waals surface area contributed by atoms with E-state index in [1.165, 1.54) is 24.4 Å². The minimum absolute atomic E-state index is 1.02. The molecule has 0 aromatic heterocycles. The molecule has 0 aliphatic heterocycles. The van der Waals surface area contributed by atoms with Crippen molar-refractivity contribution in [2.75, 3.05) is 5.33 Å². The highest BCUT2D eigenvalue weighted by Gasteiger charge is 2.03. The van der Waals surface area contributed by atoms with E-state index in [4.69, 9.17) is 0 Å². The molecule has 0 aliphatic carbocycles. The fourth-order valence-electron chi connectivity index (χ4n) is 1.58. The Hall–Kier alpha value is 0.390. The summed E-state index contributed by atoms with van der Waals surface area (Å²) >= 11 is 9.44. The average Bonchev–Trinajstić information content (AvgIpc) is 2.24. The second-order valence-corrected chi connectivity index (χ2v) is 6.10. The maximum atomic E-state index is 3.63. The van der Waals surface area contributed by atoms with Gasteiger partial charge in [0.1, 0.15) is 0 Å². The van der Waals surface area contributed by atoms with Crippen LogP contribution < -0.4 is 0 Å². The summed E-state index contributed by atoms with van der Waals surface area (Å²) in [7, 11) is 0. The maximum Gasteiger partial charge on any atom is 0.0387 e. The molecule has 0 saturated heterocycles. The third kappa shape index (κ3) is 2.56. The van der Waals surface area contributed by atoms with Gasteiger partial charge in [0.15, 0.2) is 0 Å². The zero-order valence-electron chi connectivity index (χ0n) is 7.93. The van der Waals surface area contributed by atoms with Crippen molar-refractivity contribution in [1.82, 2.24) is 0 Å². The quantitative estimate of drug-likeness (QED) is 0.448. The van der Waals surface area contributed by atoms with Crippen LogP contribution >= 0.6 is 54.5 Å². The Labute approximate surface area is 120 Å². The van der Waals surface area contributed by atoms with E-state index in [0.29, 0.717) is 0 Å². The molecule has 0 unspecified atom stereocenters. The van der Waals surface area contributed by atoms with Crippen LogP contribution in [0.15, 0.2) is 34.8 Å². The Morgan fingerprint density at radius 3 is 2.67 bits per heavy atom. The summed E-state index contributed by atoms with van der Waals surface area (Å²) in [5.41, 5.74) is 1.38. The number of hydrogen-bond donors (Lipinski definition) is 0. The lowest BCUT2D eigenvalue weighted by molar-refractivity contribution is 1.18. The highest BCUT2D eigenvalue weighted by Crippen LogP contribution is 2.29. The Kier molecular flexibility index (Phi) is 4.07. The second-order valence-electron chi connectivity index (χ2n) is 3.36. The molecule has 0 saturated carbocycles. The summed E-state index contributed by atoms with van der Waals surface area (Å²) in [5.74, 6) is 0. The van der Waals surface area contributed by atoms with Crippen LogP contribution in [0.1, 0.15) is 5.56 Å². The van der Waals surface area contributed by atoms with Crippen LogP contribution in [0.5, 0.6) is 0 Å². The first-order valence-corrected chi connectivity index (χ1v) is 7.64. The van der Waals surface area contributed by atoms with E-state index in [2.05, 4.69) is 84.8 Å². The first kappa shape index (κ1) is 11.9. The van der Waals surface area contributed by atoms with Gasteiger partial charge in [-0.25, -0.2) is 0 Å². The van der Waals surface area contributed by atoms with Crippen LogP contribution in [0.25, 0.3) is 10.8 Å². The molecule has 0 atom stereocenters. The predicted molar refractivity (Wildman–Crippen MR) is 81.9 cm³/mol. The van der Waals surface area contributed by atoms with Gasteiger partial charge in [-0.1, -0.05) is 40.2 Å². The molecule has 0 spiro atoms. The molecule has 15 heavy (non-hydrogen) atoms. The Balaban J connectivity index is 2.59. The lowest BCUT2D eigenvalue weighted by Crippen LogP contribution is -1.86. The van der Waals surface area contributed by atoms with Gasteiger partial charge in [0.25, 0.3) is 0 Å². The molecular weight excluding hydrogens is 431 g/mol. The van der Waals surface area contributed by atoms with Crippen LogP contribution in [0.4, 0.5) is 0 Å². The summed E-state index contributed by atoms with van der Waals surface area (Å²) in [6.07, 6.45) is 1.08. The van der Waals surface area contributed by atoms with Gasteiger partial charge < -0.3 is 0 Å². The van der Waals surface area contributed by atoms with E-state index in [-0.39, 0.29) is 0 Å². The van der Waals surface area contributed by atoms with Crippen molar-refractivity contribution in [3.8, 4) is 0 Å². The minimum atomic E-state index is 1.02. The van der Waals surface area contributed by atoms with Gasteiger partial charge in [-0.3, -0.25) is 0 Å². The molecule has 3 heteroatoms. The van der Waals surface area contributed by atoms with Gasteiger partial charge in [0.05, 0.1) is 0 Å². The highest BCUT2D eigenvalue weighted by atomic mass is 127. The molecular formula is C12H9Br2I. The highest BCUT2D eigenvalue weighted by molar-refractivity contribution is 14.1. The minimum Gasteiger partial charge on any atom is -0.0924 e. The average molecular weight is 440 g/mol. The molecule has 2 rings (SSSR count). The van der Waals surface area contributed by atoms with Gasteiger partial charge in [-0.15, -0.1) is 0 Å². The number of alkyl halides is 1.